The van der Waals surface area contributed by atoms with Crippen LogP contribution in [0.1, 0.15) is 84.8 Å². The molecule has 2 aromatic heterocycles. The van der Waals surface area contributed by atoms with Gasteiger partial charge in [-0.25, -0.2) is 9.36 Å². The van der Waals surface area contributed by atoms with Gasteiger partial charge in [0.25, 0.3) is 0 Å². The predicted octanol–water partition coefficient (Wildman–Crippen LogP) is 5.31. The van der Waals surface area contributed by atoms with Crippen molar-refractivity contribution in [2.75, 3.05) is 0 Å². The summed E-state index contributed by atoms with van der Waals surface area (Å²) < 4.78 is 2.75. The fourth-order valence-corrected chi connectivity index (χ4v) is 5.65. The van der Waals surface area contributed by atoms with Crippen LogP contribution < -0.4 is 5.69 Å². The normalized spacial score (nSPS) is 14.0. The number of rotatable bonds is 10. The van der Waals surface area contributed by atoms with Crippen LogP contribution in [-0.4, -0.2) is 42.0 Å². The highest BCUT2D eigenvalue weighted by atomic mass is 16.2. The molecule has 1 aliphatic rings. The highest BCUT2D eigenvalue weighted by Crippen LogP contribution is 2.30. The molecule has 2 aromatic carbocycles. The number of aromatic nitrogens is 6. The molecular weight excluding hydrogens is 492 g/mol. The van der Waals surface area contributed by atoms with Crippen LogP contribution in [0.4, 0.5) is 0 Å². The van der Waals surface area contributed by atoms with E-state index in [0.29, 0.717) is 30.6 Å². The largest absolute Gasteiger partial charge is 0.336 e. The molecule has 0 spiro atoms. The molecule has 39 heavy (non-hydrogen) atoms. The Morgan fingerprint density at radius 1 is 1.05 bits per heavy atom. The van der Waals surface area contributed by atoms with Gasteiger partial charge in [-0.3, -0.25) is 14.2 Å². The van der Waals surface area contributed by atoms with Crippen molar-refractivity contribution in [3.05, 3.63) is 76.0 Å². The summed E-state index contributed by atoms with van der Waals surface area (Å²) in [5, 5.41) is 14.4. The Kier molecular flexibility index (Phi) is 8.24. The van der Waals surface area contributed by atoms with E-state index in [1.165, 1.54) is 6.42 Å². The topological polar surface area (TPSA) is 116 Å². The first-order valence-corrected chi connectivity index (χ1v) is 13.9. The van der Waals surface area contributed by atoms with Crippen molar-refractivity contribution in [3.63, 3.8) is 0 Å². The number of tetrazole rings is 1. The van der Waals surface area contributed by atoms with E-state index >= 15 is 0 Å². The summed E-state index contributed by atoms with van der Waals surface area (Å²) in [7, 11) is 0. The molecule has 0 atom stereocenters. The predicted molar refractivity (Wildman–Crippen MR) is 149 cm³/mol. The van der Waals surface area contributed by atoms with Crippen molar-refractivity contribution >= 4 is 12.2 Å². The SMILES string of the molecule is CCCCc1c(C=O)n(C(=O)CC2CCCCC2)c(=O)n1Cc1ccc(-c2ccccc2-c2nn[nH]n2)cc1. The number of aldehydes is 1. The zero-order valence-corrected chi connectivity index (χ0v) is 22.3. The third-order valence-electron chi connectivity index (χ3n) is 7.72. The van der Waals surface area contributed by atoms with Gasteiger partial charge in [0.05, 0.1) is 12.2 Å². The quantitative estimate of drug-likeness (QED) is 0.280. The van der Waals surface area contributed by atoms with Crippen molar-refractivity contribution < 1.29 is 9.59 Å². The van der Waals surface area contributed by atoms with Gasteiger partial charge in [0.15, 0.2) is 6.29 Å². The van der Waals surface area contributed by atoms with Gasteiger partial charge in [-0.05, 0) is 53.5 Å². The number of carbonyl (C=O) groups is 2. The van der Waals surface area contributed by atoms with E-state index < -0.39 is 5.69 Å². The van der Waals surface area contributed by atoms with Gasteiger partial charge in [-0.15, -0.1) is 10.2 Å². The molecule has 9 heteroatoms. The Morgan fingerprint density at radius 2 is 1.79 bits per heavy atom. The van der Waals surface area contributed by atoms with E-state index in [9.17, 15) is 14.4 Å². The van der Waals surface area contributed by atoms with E-state index in [0.717, 1.165) is 65.3 Å². The van der Waals surface area contributed by atoms with Crippen molar-refractivity contribution in [2.24, 2.45) is 5.92 Å². The molecular formula is C30H34N6O3. The molecule has 9 nitrogen and oxygen atoms in total. The van der Waals surface area contributed by atoms with Crippen molar-refractivity contribution in [3.8, 4) is 22.5 Å². The number of H-pyrrole nitrogens is 1. The first-order chi connectivity index (χ1) is 19.1. The number of hydrogen-bond acceptors (Lipinski definition) is 6. The van der Waals surface area contributed by atoms with Crippen LogP contribution in [0, 0.1) is 5.92 Å². The Balaban J connectivity index is 1.45. The summed E-state index contributed by atoms with van der Waals surface area (Å²) >= 11 is 0. The zero-order chi connectivity index (χ0) is 27.2. The average Bonchev–Trinajstić information content (AvgIpc) is 3.60. The summed E-state index contributed by atoms with van der Waals surface area (Å²) in [6, 6.07) is 15.8. The molecule has 0 amide bonds. The molecule has 5 rings (SSSR count). The highest BCUT2D eigenvalue weighted by Gasteiger charge is 2.26. The van der Waals surface area contributed by atoms with E-state index in [1.54, 1.807) is 4.57 Å². The minimum Gasteiger partial charge on any atom is -0.296 e. The minimum absolute atomic E-state index is 0.208. The first kappa shape index (κ1) is 26.5. The maximum Gasteiger partial charge on any atom is 0.336 e. The summed E-state index contributed by atoms with van der Waals surface area (Å²) in [5.74, 6) is 0.532. The molecule has 1 fully saturated rings. The van der Waals surface area contributed by atoms with Gasteiger partial charge in [-0.1, -0.05) is 81.1 Å². The summed E-state index contributed by atoms with van der Waals surface area (Å²) in [5.41, 5.74) is 4.14. The number of nitrogens with one attached hydrogen (secondary N) is 1. The maximum atomic E-state index is 13.6. The van der Waals surface area contributed by atoms with Crippen LogP contribution >= 0.6 is 0 Å². The Bertz CT molecular complexity index is 1480. The van der Waals surface area contributed by atoms with Crippen molar-refractivity contribution in [1.29, 1.82) is 0 Å². The van der Waals surface area contributed by atoms with E-state index in [1.807, 2.05) is 48.5 Å². The number of hydrogen-bond donors (Lipinski definition) is 1. The number of nitrogens with zero attached hydrogens (tertiary/aromatic N) is 5. The van der Waals surface area contributed by atoms with Crippen LogP contribution in [0.3, 0.4) is 0 Å². The second kappa shape index (κ2) is 12.1. The molecule has 202 valence electrons. The second-order valence-corrected chi connectivity index (χ2v) is 10.3. The maximum absolute atomic E-state index is 13.6. The van der Waals surface area contributed by atoms with Crippen LogP contribution in [0.5, 0.6) is 0 Å². The van der Waals surface area contributed by atoms with E-state index in [-0.39, 0.29) is 24.1 Å². The fourth-order valence-electron chi connectivity index (χ4n) is 5.65. The molecule has 0 unspecified atom stereocenters. The lowest BCUT2D eigenvalue weighted by atomic mass is 9.87. The smallest absolute Gasteiger partial charge is 0.296 e. The number of unbranched alkanes of at least 4 members (excludes halogenated alkanes) is 1. The molecule has 0 saturated heterocycles. The summed E-state index contributed by atoms with van der Waals surface area (Å²) in [6.07, 6.45) is 8.74. The highest BCUT2D eigenvalue weighted by molar-refractivity contribution is 5.87. The third kappa shape index (κ3) is 5.67. The van der Waals surface area contributed by atoms with Gasteiger partial charge in [0, 0.05) is 12.0 Å². The molecule has 2 heterocycles. The summed E-state index contributed by atoms with van der Waals surface area (Å²) in [6.45, 7) is 2.36. The third-order valence-corrected chi connectivity index (χ3v) is 7.72. The molecule has 1 saturated carbocycles. The Labute approximate surface area is 227 Å². The van der Waals surface area contributed by atoms with Crippen LogP contribution in [0.25, 0.3) is 22.5 Å². The molecule has 0 aliphatic heterocycles. The van der Waals surface area contributed by atoms with Crippen LogP contribution in [-0.2, 0) is 13.0 Å². The molecule has 0 bridgehead atoms. The Morgan fingerprint density at radius 3 is 2.46 bits per heavy atom. The van der Waals surface area contributed by atoms with Gasteiger partial charge < -0.3 is 0 Å². The van der Waals surface area contributed by atoms with Crippen LogP contribution in [0.2, 0.25) is 0 Å². The minimum atomic E-state index is -0.421. The number of aromatic amines is 1. The molecule has 1 aliphatic carbocycles. The van der Waals surface area contributed by atoms with Gasteiger partial charge in [-0.2, -0.15) is 5.21 Å². The lowest BCUT2D eigenvalue weighted by molar-refractivity contribution is 0.0853. The number of carbonyl (C=O) groups excluding carboxylic acids is 2. The first-order valence-electron chi connectivity index (χ1n) is 13.9. The Hall–Kier alpha value is -4.14. The van der Waals surface area contributed by atoms with Gasteiger partial charge >= 0.3 is 5.69 Å². The van der Waals surface area contributed by atoms with Gasteiger partial charge in [0.2, 0.25) is 11.7 Å². The van der Waals surface area contributed by atoms with Crippen molar-refractivity contribution in [1.82, 2.24) is 29.8 Å². The second-order valence-electron chi connectivity index (χ2n) is 10.3. The van der Waals surface area contributed by atoms with Gasteiger partial charge in [0.1, 0.15) is 5.69 Å². The average molecular weight is 527 g/mol. The summed E-state index contributed by atoms with van der Waals surface area (Å²) in [4.78, 5) is 39.1. The standard InChI is InChI=1S/C30H34N6O3/c1-2-3-13-26-27(20-37)36(28(38)18-21-9-5-4-6-10-21)30(39)35(26)19-22-14-16-23(17-15-22)24-11-7-8-12-25(24)29-31-33-34-32-29/h7-8,11-12,14-17,20-21H,2-6,9-10,13,18-19H2,1H3,(H,31,32,33,34). The lowest BCUT2D eigenvalue weighted by Gasteiger charge is -2.20. The number of imidazole rings is 1. The van der Waals surface area contributed by atoms with Crippen LogP contribution in [0.15, 0.2) is 53.3 Å². The van der Waals surface area contributed by atoms with E-state index in [2.05, 4.69) is 27.5 Å². The van der Waals surface area contributed by atoms with Crippen molar-refractivity contribution in [2.45, 2.75) is 71.3 Å². The molecule has 0 radical (unpaired) electrons. The fraction of sp³-hybridized carbons (Fsp3) is 0.400. The monoisotopic (exact) mass is 526 g/mol. The lowest BCUT2D eigenvalue weighted by Crippen LogP contribution is -2.31. The molecule has 4 aromatic rings. The molecule has 1 N–H and O–H groups in total. The van der Waals surface area contributed by atoms with E-state index in [4.69, 9.17) is 0 Å². The number of benzene rings is 2. The zero-order valence-electron chi connectivity index (χ0n) is 22.3.